The standard InChI is InChI=1S/C26H39N3O3/c1-3-5-14-26(15-6-4-2)18-23(27)29(25(26)31)17-13-21-12-16-28(19-21)24(30)20-32-22-10-8-7-9-11-22/h7-11,21,27H,3-6,12-20H2,1-2H3. The van der Waals surface area contributed by atoms with Crippen LogP contribution >= 0.6 is 0 Å². The summed E-state index contributed by atoms with van der Waals surface area (Å²) in [7, 11) is 0. The van der Waals surface area contributed by atoms with Crippen LogP contribution in [0.15, 0.2) is 30.3 Å². The van der Waals surface area contributed by atoms with Gasteiger partial charge in [0.25, 0.3) is 5.91 Å². The van der Waals surface area contributed by atoms with E-state index in [2.05, 4.69) is 13.8 Å². The maximum absolute atomic E-state index is 13.4. The molecular formula is C26H39N3O3. The number of amidine groups is 1. The Bertz CT molecular complexity index is 772. The summed E-state index contributed by atoms with van der Waals surface area (Å²) in [6.07, 6.45) is 8.42. The van der Waals surface area contributed by atoms with Crippen molar-refractivity contribution in [1.82, 2.24) is 9.80 Å². The summed E-state index contributed by atoms with van der Waals surface area (Å²) in [6.45, 7) is 6.43. The van der Waals surface area contributed by atoms with Crippen molar-refractivity contribution in [1.29, 1.82) is 5.41 Å². The van der Waals surface area contributed by atoms with E-state index in [-0.39, 0.29) is 23.8 Å². The molecule has 1 N–H and O–H groups in total. The van der Waals surface area contributed by atoms with E-state index in [0.717, 1.165) is 57.9 Å². The lowest BCUT2D eigenvalue weighted by molar-refractivity contribution is -0.136. The van der Waals surface area contributed by atoms with Crippen LogP contribution in [0.1, 0.15) is 71.6 Å². The second-order valence-corrected chi connectivity index (χ2v) is 9.45. The Labute approximate surface area is 192 Å². The Balaban J connectivity index is 1.48. The van der Waals surface area contributed by atoms with Crippen molar-refractivity contribution in [3.63, 3.8) is 0 Å². The number of nitrogens with zero attached hydrogens (tertiary/aromatic N) is 2. The van der Waals surface area contributed by atoms with Crippen molar-refractivity contribution in [2.75, 3.05) is 26.2 Å². The number of hydrogen-bond acceptors (Lipinski definition) is 4. The van der Waals surface area contributed by atoms with Crippen LogP contribution in [-0.2, 0) is 9.59 Å². The van der Waals surface area contributed by atoms with E-state index in [4.69, 9.17) is 10.1 Å². The van der Waals surface area contributed by atoms with Crippen LogP contribution in [0.5, 0.6) is 5.75 Å². The minimum absolute atomic E-state index is 0.0134. The predicted molar refractivity (Wildman–Crippen MR) is 127 cm³/mol. The zero-order valence-electron chi connectivity index (χ0n) is 19.8. The van der Waals surface area contributed by atoms with Crippen molar-refractivity contribution in [3.05, 3.63) is 30.3 Å². The van der Waals surface area contributed by atoms with Crippen molar-refractivity contribution < 1.29 is 14.3 Å². The molecule has 0 aromatic heterocycles. The van der Waals surface area contributed by atoms with Crippen LogP contribution < -0.4 is 4.74 Å². The van der Waals surface area contributed by atoms with Crippen LogP contribution in [-0.4, -0.2) is 53.7 Å². The quantitative estimate of drug-likeness (QED) is 0.502. The molecule has 2 aliphatic heterocycles. The molecule has 1 unspecified atom stereocenters. The lowest BCUT2D eigenvalue weighted by atomic mass is 9.77. The van der Waals surface area contributed by atoms with Gasteiger partial charge in [0.2, 0.25) is 5.91 Å². The normalized spacial score (nSPS) is 20.2. The maximum Gasteiger partial charge on any atom is 0.260 e. The second-order valence-electron chi connectivity index (χ2n) is 9.45. The highest BCUT2D eigenvalue weighted by Crippen LogP contribution is 2.42. The van der Waals surface area contributed by atoms with Gasteiger partial charge in [0.1, 0.15) is 11.6 Å². The predicted octanol–water partition coefficient (Wildman–Crippen LogP) is 4.88. The first-order chi connectivity index (χ1) is 15.5. The van der Waals surface area contributed by atoms with Crippen LogP contribution in [0.4, 0.5) is 0 Å². The Morgan fingerprint density at radius 1 is 1.16 bits per heavy atom. The van der Waals surface area contributed by atoms with Gasteiger partial charge in [0, 0.05) is 26.1 Å². The number of benzene rings is 1. The number of carbonyl (C=O) groups is 2. The van der Waals surface area contributed by atoms with Crippen molar-refractivity contribution in [2.24, 2.45) is 11.3 Å². The average Bonchev–Trinajstić information content (AvgIpc) is 3.37. The average molecular weight is 442 g/mol. The highest BCUT2D eigenvalue weighted by molar-refractivity contribution is 6.07. The van der Waals surface area contributed by atoms with E-state index in [1.807, 2.05) is 35.2 Å². The molecule has 2 aliphatic rings. The van der Waals surface area contributed by atoms with Crippen LogP contribution in [0, 0.1) is 16.7 Å². The van der Waals surface area contributed by atoms with Crippen LogP contribution in [0.25, 0.3) is 0 Å². The van der Waals surface area contributed by atoms with E-state index >= 15 is 0 Å². The first-order valence-corrected chi connectivity index (χ1v) is 12.3. The summed E-state index contributed by atoms with van der Waals surface area (Å²) in [6, 6.07) is 9.40. The zero-order valence-corrected chi connectivity index (χ0v) is 19.8. The summed E-state index contributed by atoms with van der Waals surface area (Å²) >= 11 is 0. The number of ether oxygens (including phenoxy) is 1. The number of carbonyl (C=O) groups excluding carboxylic acids is 2. The molecule has 3 rings (SSSR count). The first-order valence-electron chi connectivity index (χ1n) is 12.3. The molecule has 0 saturated carbocycles. The number of likely N-dealkylation sites (tertiary alicyclic amines) is 2. The number of nitrogens with one attached hydrogen (secondary N) is 1. The molecule has 32 heavy (non-hydrogen) atoms. The third-order valence-electron chi connectivity index (χ3n) is 7.05. The number of amides is 2. The van der Waals surface area contributed by atoms with Gasteiger partial charge in [0.05, 0.1) is 5.41 Å². The highest BCUT2D eigenvalue weighted by atomic mass is 16.5. The third-order valence-corrected chi connectivity index (χ3v) is 7.05. The fourth-order valence-corrected chi connectivity index (χ4v) is 5.04. The van der Waals surface area contributed by atoms with E-state index in [1.165, 1.54) is 0 Å². The summed E-state index contributed by atoms with van der Waals surface area (Å²) in [5, 5.41) is 8.51. The SMILES string of the molecule is CCCCC1(CCCC)CC(=N)N(CCC2CCN(C(=O)COc3ccccc3)C2)C1=O. The largest absolute Gasteiger partial charge is 0.484 e. The van der Waals surface area contributed by atoms with Crippen LogP contribution in [0.3, 0.4) is 0 Å². The van der Waals surface area contributed by atoms with Gasteiger partial charge in [-0.2, -0.15) is 0 Å². The summed E-state index contributed by atoms with van der Waals surface area (Å²) in [5.41, 5.74) is -0.352. The van der Waals surface area contributed by atoms with Gasteiger partial charge in [0.15, 0.2) is 6.61 Å². The summed E-state index contributed by atoms with van der Waals surface area (Å²) in [5.74, 6) is 1.75. The molecule has 176 valence electrons. The molecule has 1 aromatic rings. The molecule has 0 radical (unpaired) electrons. The van der Waals surface area contributed by atoms with Gasteiger partial charge in [-0.3, -0.25) is 15.0 Å². The number of rotatable bonds is 12. The van der Waals surface area contributed by atoms with Crippen molar-refractivity contribution in [3.8, 4) is 5.75 Å². The molecule has 2 amide bonds. The molecule has 6 heteroatoms. The highest BCUT2D eigenvalue weighted by Gasteiger charge is 2.48. The molecule has 1 aromatic carbocycles. The van der Waals surface area contributed by atoms with Gasteiger partial charge in [-0.25, -0.2) is 0 Å². The second kappa shape index (κ2) is 11.5. The van der Waals surface area contributed by atoms with Gasteiger partial charge >= 0.3 is 0 Å². The third kappa shape index (κ3) is 5.90. The maximum atomic E-state index is 13.4. The van der Waals surface area contributed by atoms with Crippen molar-refractivity contribution >= 4 is 17.6 Å². The Hall–Kier alpha value is -2.37. The smallest absolute Gasteiger partial charge is 0.260 e. The van der Waals surface area contributed by atoms with E-state index in [0.29, 0.717) is 37.0 Å². The van der Waals surface area contributed by atoms with E-state index < -0.39 is 0 Å². The minimum Gasteiger partial charge on any atom is -0.484 e. The molecule has 0 spiro atoms. The molecule has 6 nitrogen and oxygen atoms in total. The fraction of sp³-hybridized carbons (Fsp3) is 0.654. The van der Waals surface area contributed by atoms with Gasteiger partial charge in [-0.15, -0.1) is 0 Å². The molecule has 2 saturated heterocycles. The lowest BCUT2D eigenvalue weighted by Crippen LogP contribution is -2.37. The minimum atomic E-state index is -0.352. The van der Waals surface area contributed by atoms with E-state index in [9.17, 15) is 9.59 Å². The van der Waals surface area contributed by atoms with Crippen LogP contribution in [0.2, 0.25) is 0 Å². The number of unbranched alkanes of at least 4 members (excludes halogenated alkanes) is 2. The summed E-state index contributed by atoms with van der Waals surface area (Å²) in [4.78, 5) is 29.5. The Morgan fingerprint density at radius 2 is 1.84 bits per heavy atom. The molecule has 1 atom stereocenters. The van der Waals surface area contributed by atoms with Gasteiger partial charge in [-0.1, -0.05) is 57.7 Å². The fourth-order valence-electron chi connectivity index (χ4n) is 5.04. The number of para-hydroxylation sites is 1. The zero-order chi connectivity index (χ0) is 23.0. The molecular weight excluding hydrogens is 402 g/mol. The first kappa shape index (κ1) is 24.3. The monoisotopic (exact) mass is 441 g/mol. The molecule has 2 fully saturated rings. The lowest BCUT2D eigenvalue weighted by Gasteiger charge is -2.27. The topological polar surface area (TPSA) is 73.7 Å². The van der Waals surface area contributed by atoms with Gasteiger partial charge in [-0.05, 0) is 43.7 Å². The summed E-state index contributed by atoms with van der Waals surface area (Å²) < 4.78 is 5.60. The number of hydrogen-bond donors (Lipinski definition) is 1. The molecule has 0 bridgehead atoms. The molecule has 0 aliphatic carbocycles. The molecule has 2 heterocycles. The van der Waals surface area contributed by atoms with Gasteiger partial charge < -0.3 is 14.5 Å². The van der Waals surface area contributed by atoms with E-state index in [1.54, 1.807) is 4.90 Å². The Kier molecular flexibility index (Phi) is 8.71. The van der Waals surface area contributed by atoms with Crippen molar-refractivity contribution in [2.45, 2.75) is 71.6 Å². The Morgan fingerprint density at radius 3 is 2.50 bits per heavy atom.